The van der Waals surface area contributed by atoms with Crippen molar-refractivity contribution in [1.82, 2.24) is 4.90 Å². The molecule has 1 aromatic rings. The normalized spacial score (nSPS) is 17.2. The van der Waals surface area contributed by atoms with Crippen LogP contribution < -0.4 is 0 Å². The van der Waals surface area contributed by atoms with E-state index in [2.05, 4.69) is 15.9 Å². The summed E-state index contributed by atoms with van der Waals surface area (Å²) in [6.07, 6.45) is -0.827. The van der Waals surface area contributed by atoms with Gasteiger partial charge in [-0.25, -0.2) is 4.39 Å². The molecule has 1 amide bonds. The van der Waals surface area contributed by atoms with Gasteiger partial charge in [0, 0.05) is 0 Å². The Labute approximate surface area is 87.5 Å². The van der Waals surface area contributed by atoms with Gasteiger partial charge in [-0.3, -0.25) is 4.79 Å². The van der Waals surface area contributed by atoms with E-state index in [0.717, 1.165) is 3.79 Å². The molecule has 2 nitrogen and oxygen atoms in total. The van der Waals surface area contributed by atoms with Gasteiger partial charge in [0.15, 0.2) is 0 Å². The van der Waals surface area contributed by atoms with Crippen LogP contribution in [0.5, 0.6) is 0 Å². The van der Waals surface area contributed by atoms with Crippen LogP contribution >= 0.6 is 27.3 Å². The molecule has 0 N–H and O–H groups in total. The number of hydrogen-bond acceptors (Lipinski definition) is 2. The third kappa shape index (κ3) is 1.76. The zero-order valence-corrected chi connectivity index (χ0v) is 9.07. The summed E-state index contributed by atoms with van der Waals surface area (Å²) in [7, 11) is 0. The molecule has 0 unspecified atom stereocenters. The topological polar surface area (TPSA) is 20.3 Å². The van der Waals surface area contributed by atoms with Gasteiger partial charge < -0.3 is 4.90 Å². The lowest BCUT2D eigenvalue weighted by Gasteiger charge is -2.33. The van der Waals surface area contributed by atoms with Gasteiger partial charge in [0.1, 0.15) is 6.17 Å². The molecule has 1 aliphatic rings. The highest BCUT2D eigenvalue weighted by atomic mass is 79.9. The van der Waals surface area contributed by atoms with E-state index in [9.17, 15) is 9.18 Å². The third-order valence-electron chi connectivity index (χ3n) is 1.91. The number of thiophene rings is 1. The van der Waals surface area contributed by atoms with Crippen molar-refractivity contribution < 1.29 is 9.18 Å². The Kier molecular flexibility index (Phi) is 2.38. The van der Waals surface area contributed by atoms with Crippen LogP contribution in [0.25, 0.3) is 0 Å². The summed E-state index contributed by atoms with van der Waals surface area (Å²) in [6.45, 7) is 0.489. The van der Waals surface area contributed by atoms with Gasteiger partial charge >= 0.3 is 0 Å². The standard InChI is InChI=1S/C8H7BrFNOS/c9-7-2-1-6(13-7)8(12)11-3-5(10)4-11/h1-2,5H,3-4H2. The molecule has 0 spiro atoms. The zero-order chi connectivity index (χ0) is 9.42. The minimum absolute atomic E-state index is 0.0652. The molecule has 1 aliphatic heterocycles. The molecule has 2 rings (SSSR count). The second kappa shape index (κ2) is 3.38. The number of nitrogens with zero attached hydrogens (tertiary/aromatic N) is 1. The van der Waals surface area contributed by atoms with Gasteiger partial charge in [-0.05, 0) is 28.1 Å². The Morgan fingerprint density at radius 1 is 1.62 bits per heavy atom. The van der Waals surface area contributed by atoms with Crippen molar-refractivity contribution in [3.63, 3.8) is 0 Å². The van der Waals surface area contributed by atoms with E-state index >= 15 is 0 Å². The molecule has 5 heteroatoms. The Balaban J connectivity index is 2.06. The maximum absolute atomic E-state index is 12.4. The van der Waals surface area contributed by atoms with Crippen LogP contribution in [0.1, 0.15) is 9.67 Å². The van der Waals surface area contributed by atoms with Crippen LogP contribution in [0.3, 0.4) is 0 Å². The van der Waals surface area contributed by atoms with Crippen LogP contribution in [0.2, 0.25) is 0 Å². The molecule has 0 radical (unpaired) electrons. The lowest BCUT2D eigenvalue weighted by molar-refractivity contribution is 0.0405. The number of hydrogen-bond donors (Lipinski definition) is 0. The molecule has 0 bridgehead atoms. The van der Waals surface area contributed by atoms with Crippen molar-refractivity contribution >= 4 is 33.2 Å². The lowest BCUT2D eigenvalue weighted by atomic mass is 10.2. The zero-order valence-electron chi connectivity index (χ0n) is 6.67. The summed E-state index contributed by atoms with van der Waals surface area (Å²) in [4.78, 5) is 13.7. The largest absolute Gasteiger partial charge is 0.332 e. The van der Waals surface area contributed by atoms with Gasteiger partial charge in [-0.2, -0.15) is 0 Å². The van der Waals surface area contributed by atoms with E-state index in [1.54, 1.807) is 6.07 Å². The number of halogens is 2. The predicted octanol–water partition coefficient (Wildman–Crippen LogP) is 2.30. The average Bonchev–Trinajstić information content (AvgIpc) is 2.45. The van der Waals surface area contributed by atoms with Gasteiger partial charge in [0.05, 0.1) is 21.8 Å². The Morgan fingerprint density at radius 2 is 2.31 bits per heavy atom. The maximum Gasteiger partial charge on any atom is 0.264 e. The van der Waals surface area contributed by atoms with Crippen molar-refractivity contribution in [3.05, 3.63) is 20.8 Å². The van der Waals surface area contributed by atoms with Gasteiger partial charge in [0.2, 0.25) is 0 Å². The van der Waals surface area contributed by atoms with Crippen LogP contribution in [0.4, 0.5) is 4.39 Å². The number of alkyl halides is 1. The number of carbonyl (C=O) groups is 1. The molecular weight excluding hydrogens is 257 g/mol. The quantitative estimate of drug-likeness (QED) is 0.762. The second-order valence-corrected chi connectivity index (χ2v) is 5.37. The average molecular weight is 264 g/mol. The minimum Gasteiger partial charge on any atom is -0.332 e. The Bertz CT molecular complexity index is 335. The minimum atomic E-state index is -0.827. The maximum atomic E-state index is 12.4. The molecule has 2 heterocycles. The first kappa shape index (κ1) is 9.15. The molecule has 70 valence electrons. The van der Waals surface area contributed by atoms with E-state index in [-0.39, 0.29) is 19.0 Å². The van der Waals surface area contributed by atoms with Crippen LogP contribution in [-0.2, 0) is 0 Å². The summed E-state index contributed by atoms with van der Waals surface area (Å²) in [5, 5.41) is 0. The predicted molar refractivity (Wildman–Crippen MR) is 52.8 cm³/mol. The first-order valence-corrected chi connectivity index (χ1v) is 5.46. The van der Waals surface area contributed by atoms with Gasteiger partial charge in [0.25, 0.3) is 5.91 Å². The third-order valence-corrected chi connectivity index (χ3v) is 3.52. The number of likely N-dealkylation sites (tertiary alicyclic amines) is 1. The lowest BCUT2D eigenvalue weighted by Crippen LogP contribution is -2.51. The highest BCUT2D eigenvalue weighted by Crippen LogP contribution is 2.25. The molecule has 1 aromatic heterocycles. The molecule has 0 aromatic carbocycles. The molecule has 13 heavy (non-hydrogen) atoms. The summed E-state index contributed by atoms with van der Waals surface area (Å²) in [5.74, 6) is -0.0652. The van der Waals surface area contributed by atoms with Crippen molar-refractivity contribution in [3.8, 4) is 0 Å². The number of amides is 1. The van der Waals surface area contributed by atoms with Crippen molar-refractivity contribution in [2.45, 2.75) is 6.17 Å². The second-order valence-electron chi connectivity index (χ2n) is 2.91. The van der Waals surface area contributed by atoms with E-state index in [4.69, 9.17) is 0 Å². The van der Waals surface area contributed by atoms with Gasteiger partial charge in [-0.1, -0.05) is 0 Å². The molecule has 0 saturated carbocycles. The molecular formula is C8H7BrFNOS. The van der Waals surface area contributed by atoms with Crippen molar-refractivity contribution in [2.24, 2.45) is 0 Å². The van der Waals surface area contributed by atoms with E-state index in [1.165, 1.54) is 16.2 Å². The van der Waals surface area contributed by atoms with Crippen molar-refractivity contribution in [2.75, 3.05) is 13.1 Å². The fraction of sp³-hybridized carbons (Fsp3) is 0.375. The smallest absolute Gasteiger partial charge is 0.264 e. The fourth-order valence-electron chi connectivity index (χ4n) is 1.18. The van der Waals surface area contributed by atoms with E-state index < -0.39 is 6.17 Å². The molecule has 1 saturated heterocycles. The summed E-state index contributed by atoms with van der Waals surface area (Å²) in [5.41, 5.74) is 0. The number of carbonyl (C=O) groups excluding carboxylic acids is 1. The van der Waals surface area contributed by atoms with Gasteiger partial charge in [-0.15, -0.1) is 11.3 Å². The highest BCUT2D eigenvalue weighted by Gasteiger charge is 2.31. The Hall–Kier alpha value is -0.420. The first-order chi connectivity index (χ1) is 6.16. The molecule has 0 aliphatic carbocycles. The van der Waals surface area contributed by atoms with Crippen molar-refractivity contribution in [1.29, 1.82) is 0 Å². The first-order valence-electron chi connectivity index (χ1n) is 3.85. The molecule has 1 fully saturated rings. The fourth-order valence-corrected chi connectivity index (χ4v) is 2.53. The van der Waals surface area contributed by atoms with Crippen LogP contribution in [-0.4, -0.2) is 30.1 Å². The highest BCUT2D eigenvalue weighted by molar-refractivity contribution is 9.11. The van der Waals surface area contributed by atoms with Crippen LogP contribution in [0, 0.1) is 0 Å². The van der Waals surface area contributed by atoms with E-state index in [0.29, 0.717) is 4.88 Å². The summed E-state index contributed by atoms with van der Waals surface area (Å²) < 4.78 is 13.4. The molecule has 0 atom stereocenters. The Morgan fingerprint density at radius 3 is 2.77 bits per heavy atom. The SMILES string of the molecule is O=C(c1ccc(Br)s1)N1CC(F)C1. The van der Waals surface area contributed by atoms with E-state index in [1.807, 2.05) is 6.07 Å². The monoisotopic (exact) mass is 263 g/mol. The van der Waals surface area contributed by atoms with Crippen LogP contribution in [0.15, 0.2) is 15.9 Å². The summed E-state index contributed by atoms with van der Waals surface area (Å²) in [6, 6.07) is 3.58. The number of rotatable bonds is 1. The summed E-state index contributed by atoms with van der Waals surface area (Å²) >= 11 is 4.65.